The maximum absolute atomic E-state index is 12.0. The third-order valence-electron chi connectivity index (χ3n) is 2.82. The number of carboxylic acid groups (broad SMARTS) is 1. The van der Waals surface area contributed by atoms with Gasteiger partial charge in [-0.1, -0.05) is 32.9 Å². The largest absolute Gasteiger partial charge is 0.481 e. The summed E-state index contributed by atoms with van der Waals surface area (Å²) in [5, 5.41) is 14.3. The van der Waals surface area contributed by atoms with Crippen molar-refractivity contribution in [1.82, 2.24) is 5.32 Å². The van der Waals surface area contributed by atoms with Crippen LogP contribution in [-0.2, 0) is 4.79 Å². The van der Waals surface area contributed by atoms with Crippen molar-refractivity contribution in [2.75, 3.05) is 11.1 Å². The van der Waals surface area contributed by atoms with Crippen molar-refractivity contribution >= 4 is 23.4 Å². The average Bonchev–Trinajstić information content (AvgIpc) is 2.28. The van der Waals surface area contributed by atoms with Crippen molar-refractivity contribution in [3.63, 3.8) is 0 Å². The minimum Gasteiger partial charge on any atom is -0.481 e. The van der Waals surface area contributed by atoms with Gasteiger partial charge in [0.15, 0.2) is 0 Å². The van der Waals surface area contributed by atoms with Gasteiger partial charge in [-0.25, -0.2) is 4.79 Å². The number of aliphatic carboxylic acids is 1. The molecule has 2 amide bonds. The number of urea groups is 1. The number of para-hydroxylation sites is 2. The third-order valence-corrected chi connectivity index (χ3v) is 2.82. The zero-order valence-electron chi connectivity index (χ0n) is 12.6. The molecule has 6 heteroatoms. The standard InChI is InChI=1S/C15H23N3O3/c1-15(2,3)9-10(8-13(19)20)17-14(21)18-12-7-5-4-6-11(12)16/h4-7,10H,8-9,16H2,1-3H3,(H,19,20)(H2,17,18,21). The summed E-state index contributed by atoms with van der Waals surface area (Å²) in [6.45, 7) is 5.99. The number of rotatable bonds is 5. The summed E-state index contributed by atoms with van der Waals surface area (Å²) in [6.07, 6.45) is 0.450. The van der Waals surface area contributed by atoms with Gasteiger partial charge in [-0.3, -0.25) is 4.79 Å². The van der Waals surface area contributed by atoms with Gasteiger partial charge >= 0.3 is 12.0 Å². The van der Waals surface area contributed by atoms with E-state index in [2.05, 4.69) is 10.6 Å². The van der Waals surface area contributed by atoms with Gasteiger partial charge in [-0.2, -0.15) is 0 Å². The molecule has 0 aliphatic heterocycles. The third kappa shape index (κ3) is 6.65. The quantitative estimate of drug-likeness (QED) is 0.626. The fourth-order valence-corrected chi connectivity index (χ4v) is 2.08. The van der Waals surface area contributed by atoms with Crippen LogP contribution in [0.15, 0.2) is 24.3 Å². The molecular formula is C15H23N3O3. The number of hydrogen-bond acceptors (Lipinski definition) is 3. The second-order valence-corrected chi connectivity index (χ2v) is 6.25. The van der Waals surface area contributed by atoms with Crippen LogP contribution in [0.25, 0.3) is 0 Å². The Morgan fingerprint density at radius 1 is 1.29 bits per heavy atom. The van der Waals surface area contributed by atoms with Gasteiger partial charge in [0.1, 0.15) is 0 Å². The normalized spacial score (nSPS) is 12.5. The topological polar surface area (TPSA) is 104 Å². The first-order valence-corrected chi connectivity index (χ1v) is 6.81. The first kappa shape index (κ1) is 16.8. The Hall–Kier alpha value is -2.24. The van der Waals surface area contributed by atoms with Gasteiger partial charge in [0, 0.05) is 6.04 Å². The van der Waals surface area contributed by atoms with E-state index in [4.69, 9.17) is 10.8 Å². The summed E-state index contributed by atoms with van der Waals surface area (Å²) in [4.78, 5) is 22.9. The second kappa shape index (κ2) is 6.97. The number of nitrogen functional groups attached to an aromatic ring is 1. The first-order chi connectivity index (χ1) is 9.67. The van der Waals surface area contributed by atoms with Crippen LogP contribution >= 0.6 is 0 Å². The maximum atomic E-state index is 12.0. The van der Waals surface area contributed by atoms with Gasteiger partial charge in [-0.05, 0) is 24.0 Å². The smallest absolute Gasteiger partial charge is 0.319 e. The van der Waals surface area contributed by atoms with Crippen LogP contribution in [-0.4, -0.2) is 23.1 Å². The van der Waals surface area contributed by atoms with Gasteiger partial charge < -0.3 is 21.5 Å². The minimum atomic E-state index is -0.941. The van der Waals surface area contributed by atoms with Crippen LogP contribution in [0.5, 0.6) is 0 Å². The zero-order chi connectivity index (χ0) is 16.0. The number of carbonyl (C=O) groups is 2. The highest BCUT2D eigenvalue weighted by Crippen LogP contribution is 2.22. The monoisotopic (exact) mass is 293 g/mol. The van der Waals surface area contributed by atoms with Crippen LogP contribution in [0.2, 0.25) is 0 Å². The van der Waals surface area contributed by atoms with Crippen molar-refractivity contribution in [2.24, 2.45) is 5.41 Å². The molecule has 0 aromatic heterocycles. The number of amides is 2. The summed E-state index contributed by atoms with van der Waals surface area (Å²) in [5.74, 6) is -0.941. The van der Waals surface area contributed by atoms with Crippen LogP contribution < -0.4 is 16.4 Å². The highest BCUT2D eigenvalue weighted by molar-refractivity contribution is 5.92. The molecule has 1 rings (SSSR count). The van der Waals surface area contributed by atoms with Crippen LogP contribution in [0.3, 0.4) is 0 Å². The summed E-state index contributed by atoms with van der Waals surface area (Å²) in [7, 11) is 0. The second-order valence-electron chi connectivity index (χ2n) is 6.25. The molecule has 5 N–H and O–H groups in total. The molecule has 0 bridgehead atoms. The number of benzene rings is 1. The van der Waals surface area contributed by atoms with E-state index in [0.29, 0.717) is 17.8 Å². The molecule has 21 heavy (non-hydrogen) atoms. The highest BCUT2D eigenvalue weighted by atomic mass is 16.4. The van der Waals surface area contributed by atoms with Crippen LogP contribution in [0, 0.1) is 5.41 Å². The predicted octanol–water partition coefficient (Wildman–Crippen LogP) is 2.67. The van der Waals surface area contributed by atoms with Crippen LogP contribution in [0.1, 0.15) is 33.6 Å². The van der Waals surface area contributed by atoms with Crippen molar-refractivity contribution < 1.29 is 14.7 Å². The molecule has 6 nitrogen and oxygen atoms in total. The van der Waals surface area contributed by atoms with Gasteiger partial charge in [0.2, 0.25) is 0 Å². The molecule has 0 fully saturated rings. The molecule has 0 saturated heterocycles. The molecule has 0 aliphatic carbocycles. The Morgan fingerprint density at radius 3 is 2.43 bits per heavy atom. The number of anilines is 2. The molecule has 0 aliphatic rings. The number of nitrogens with two attached hydrogens (primary N) is 1. The van der Waals surface area contributed by atoms with E-state index in [0.717, 1.165) is 0 Å². The van der Waals surface area contributed by atoms with Gasteiger partial charge in [0.25, 0.3) is 0 Å². The lowest BCUT2D eigenvalue weighted by Gasteiger charge is -2.26. The average molecular weight is 293 g/mol. The van der Waals surface area contributed by atoms with Crippen LogP contribution in [0.4, 0.5) is 16.2 Å². The lowest BCUT2D eigenvalue weighted by Crippen LogP contribution is -2.41. The Morgan fingerprint density at radius 2 is 1.90 bits per heavy atom. The minimum absolute atomic E-state index is 0.0842. The van der Waals surface area contributed by atoms with Crippen molar-refractivity contribution in [3.8, 4) is 0 Å². The maximum Gasteiger partial charge on any atom is 0.319 e. The fourth-order valence-electron chi connectivity index (χ4n) is 2.08. The van der Waals surface area contributed by atoms with Crippen molar-refractivity contribution in [3.05, 3.63) is 24.3 Å². The Kier molecular flexibility index (Phi) is 5.58. The van der Waals surface area contributed by atoms with Crippen molar-refractivity contribution in [1.29, 1.82) is 0 Å². The van der Waals surface area contributed by atoms with E-state index < -0.39 is 18.0 Å². The van der Waals surface area contributed by atoms with E-state index in [-0.39, 0.29) is 11.8 Å². The lowest BCUT2D eigenvalue weighted by atomic mass is 9.87. The zero-order valence-corrected chi connectivity index (χ0v) is 12.6. The predicted molar refractivity (Wildman–Crippen MR) is 83.1 cm³/mol. The van der Waals surface area contributed by atoms with E-state index in [1.807, 2.05) is 20.8 Å². The molecular weight excluding hydrogens is 270 g/mol. The SMILES string of the molecule is CC(C)(C)CC(CC(=O)O)NC(=O)Nc1ccccc1N. The highest BCUT2D eigenvalue weighted by Gasteiger charge is 2.22. The Balaban J connectivity index is 2.67. The summed E-state index contributed by atoms with van der Waals surface area (Å²) in [5.41, 5.74) is 6.62. The molecule has 1 aromatic rings. The Bertz CT molecular complexity index is 509. The van der Waals surface area contributed by atoms with Crippen molar-refractivity contribution in [2.45, 2.75) is 39.7 Å². The molecule has 1 aromatic carbocycles. The summed E-state index contributed by atoms with van der Waals surface area (Å²) in [6, 6.07) is 6.00. The Labute approximate surface area is 124 Å². The van der Waals surface area contributed by atoms with E-state index in [9.17, 15) is 9.59 Å². The molecule has 0 radical (unpaired) electrons. The summed E-state index contributed by atoms with van der Waals surface area (Å²) >= 11 is 0. The molecule has 0 spiro atoms. The summed E-state index contributed by atoms with van der Waals surface area (Å²) < 4.78 is 0. The van der Waals surface area contributed by atoms with E-state index in [1.165, 1.54) is 0 Å². The first-order valence-electron chi connectivity index (χ1n) is 6.81. The van der Waals surface area contributed by atoms with E-state index >= 15 is 0 Å². The fraction of sp³-hybridized carbons (Fsp3) is 0.467. The number of carbonyl (C=O) groups excluding carboxylic acids is 1. The lowest BCUT2D eigenvalue weighted by molar-refractivity contribution is -0.137. The molecule has 116 valence electrons. The molecule has 0 saturated carbocycles. The van der Waals surface area contributed by atoms with Gasteiger partial charge in [0.05, 0.1) is 17.8 Å². The molecule has 1 unspecified atom stereocenters. The number of nitrogens with one attached hydrogen (secondary N) is 2. The number of hydrogen-bond donors (Lipinski definition) is 4. The molecule has 1 atom stereocenters. The molecule has 0 heterocycles. The van der Waals surface area contributed by atoms with Gasteiger partial charge in [-0.15, -0.1) is 0 Å². The van der Waals surface area contributed by atoms with E-state index in [1.54, 1.807) is 24.3 Å². The number of carboxylic acids is 1.